The first-order valence-corrected chi connectivity index (χ1v) is 5.65. The van der Waals surface area contributed by atoms with Crippen molar-refractivity contribution in [1.29, 1.82) is 0 Å². The van der Waals surface area contributed by atoms with E-state index in [0.717, 1.165) is 0 Å². The Hall–Kier alpha value is -0.190. The first-order chi connectivity index (χ1) is 6.59. The molecule has 0 aliphatic carbocycles. The number of rotatable bonds is 0. The van der Waals surface area contributed by atoms with Crippen LogP contribution in [-0.2, 0) is 0 Å². The number of benzene rings is 1. The molecule has 0 unspecified atom stereocenters. The van der Waals surface area contributed by atoms with Crippen molar-refractivity contribution in [3.05, 3.63) is 38.1 Å². The molecule has 1 nitrogen and oxygen atoms in total. The van der Waals surface area contributed by atoms with Crippen LogP contribution in [0.1, 0.15) is 0 Å². The van der Waals surface area contributed by atoms with E-state index in [0.29, 0.717) is 19.4 Å². The Morgan fingerprint density at radius 1 is 1.29 bits per heavy atom. The van der Waals surface area contributed by atoms with Crippen LogP contribution < -0.4 is 0 Å². The van der Waals surface area contributed by atoms with Crippen LogP contribution in [0.15, 0.2) is 27.3 Å². The van der Waals surface area contributed by atoms with Gasteiger partial charge in [0.15, 0.2) is 5.82 Å². The fourth-order valence-electron chi connectivity index (χ4n) is 1.17. The molecule has 0 saturated heterocycles. The highest BCUT2D eigenvalue weighted by Gasteiger charge is 2.09. The molecule has 0 amide bonds. The van der Waals surface area contributed by atoms with Gasteiger partial charge in [-0.3, -0.25) is 4.98 Å². The van der Waals surface area contributed by atoms with Crippen LogP contribution in [0.3, 0.4) is 0 Å². The predicted octanol–water partition coefficient (Wildman–Crippen LogP) is 4.55. The number of nitrogens with zero attached hydrogens (tertiary/aromatic N) is 1. The van der Waals surface area contributed by atoms with Gasteiger partial charge in [-0.1, -0.05) is 27.5 Å². The third kappa shape index (κ3) is 1.66. The summed E-state index contributed by atoms with van der Waals surface area (Å²) in [6.45, 7) is 0. The molecule has 14 heavy (non-hydrogen) atoms. The van der Waals surface area contributed by atoms with Gasteiger partial charge in [0, 0.05) is 16.1 Å². The van der Waals surface area contributed by atoms with Crippen LogP contribution in [0.2, 0.25) is 5.02 Å². The van der Waals surface area contributed by atoms with Crippen LogP contribution in [0.4, 0.5) is 4.39 Å². The number of halogens is 4. The average Bonchev–Trinajstić information content (AvgIpc) is 2.12. The van der Waals surface area contributed by atoms with E-state index < -0.39 is 0 Å². The summed E-state index contributed by atoms with van der Waals surface area (Å²) in [6.07, 6.45) is 1.49. The van der Waals surface area contributed by atoms with Gasteiger partial charge in [0.25, 0.3) is 0 Å². The summed E-state index contributed by atoms with van der Waals surface area (Å²) in [5.74, 6) is -0.385. The molecule has 0 N–H and O–H groups in total. The van der Waals surface area contributed by atoms with Gasteiger partial charge in [0.1, 0.15) is 5.52 Å². The van der Waals surface area contributed by atoms with Crippen molar-refractivity contribution >= 4 is 54.4 Å². The number of aromatic nitrogens is 1. The Morgan fingerprint density at radius 2 is 2.00 bits per heavy atom. The summed E-state index contributed by atoms with van der Waals surface area (Å²) in [4.78, 5) is 3.96. The summed E-state index contributed by atoms with van der Waals surface area (Å²) in [5.41, 5.74) is 0.279. The topological polar surface area (TPSA) is 12.9 Å². The minimum Gasteiger partial charge on any atom is -0.252 e. The Labute approximate surface area is 102 Å². The monoisotopic (exact) mass is 337 g/mol. The van der Waals surface area contributed by atoms with Crippen molar-refractivity contribution in [2.75, 3.05) is 0 Å². The molecule has 0 aliphatic heterocycles. The highest BCUT2D eigenvalue weighted by atomic mass is 79.9. The van der Waals surface area contributed by atoms with E-state index in [4.69, 9.17) is 11.6 Å². The van der Waals surface area contributed by atoms with Gasteiger partial charge in [-0.05, 0) is 28.1 Å². The molecule has 2 aromatic rings. The van der Waals surface area contributed by atoms with Gasteiger partial charge in [-0.25, -0.2) is 4.39 Å². The van der Waals surface area contributed by atoms with Crippen molar-refractivity contribution < 1.29 is 4.39 Å². The van der Waals surface area contributed by atoms with Crippen LogP contribution >= 0.6 is 43.5 Å². The summed E-state index contributed by atoms with van der Waals surface area (Å²) in [6, 6.07) is 3.10. The fourth-order valence-corrected chi connectivity index (χ4v) is 2.11. The predicted molar refractivity (Wildman–Crippen MR) is 62.1 cm³/mol. The smallest absolute Gasteiger partial charge is 0.150 e. The maximum Gasteiger partial charge on any atom is 0.150 e. The molecule has 0 bridgehead atoms. The van der Waals surface area contributed by atoms with Crippen molar-refractivity contribution in [3.63, 3.8) is 0 Å². The zero-order chi connectivity index (χ0) is 10.3. The second kappa shape index (κ2) is 3.76. The molecule has 0 fully saturated rings. The van der Waals surface area contributed by atoms with Crippen molar-refractivity contribution in [2.24, 2.45) is 0 Å². The van der Waals surface area contributed by atoms with E-state index in [1.165, 1.54) is 12.3 Å². The molecule has 0 radical (unpaired) electrons. The highest BCUT2D eigenvalue weighted by molar-refractivity contribution is 9.10. The van der Waals surface area contributed by atoms with Gasteiger partial charge in [0.2, 0.25) is 0 Å². The summed E-state index contributed by atoms with van der Waals surface area (Å²) in [5, 5.41) is 1.06. The molecule has 1 aromatic heterocycles. The minimum atomic E-state index is -0.385. The first-order valence-electron chi connectivity index (χ1n) is 3.68. The summed E-state index contributed by atoms with van der Waals surface area (Å²) >= 11 is 12.4. The maximum atomic E-state index is 13.4. The number of hydrogen-bond donors (Lipinski definition) is 0. The van der Waals surface area contributed by atoms with Crippen LogP contribution in [0.25, 0.3) is 10.9 Å². The molecule has 5 heteroatoms. The molecule has 1 heterocycles. The Balaban J connectivity index is 2.95. The number of pyridine rings is 1. The average molecular weight is 339 g/mol. The lowest BCUT2D eigenvalue weighted by molar-refractivity contribution is 0.636. The van der Waals surface area contributed by atoms with Gasteiger partial charge in [-0.2, -0.15) is 0 Å². The molecule has 0 saturated carbocycles. The molecule has 0 spiro atoms. The van der Waals surface area contributed by atoms with Crippen LogP contribution in [0, 0.1) is 5.82 Å². The molecule has 72 valence electrons. The van der Waals surface area contributed by atoms with Crippen molar-refractivity contribution in [2.45, 2.75) is 0 Å². The Kier molecular flexibility index (Phi) is 2.77. The number of fused-ring (bicyclic) bond motifs is 1. The second-order valence-corrected chi connectivity index (χ2v) is 4.85. The van der Waals surface area contributed by atoms with Gasteiger partial charge >= 0.3 is 0 Å². The van der Waals surface area contributed by atoms with Crippen molar-refractivity contribution in [3.8, 4) is 0 Å². The highest BCUT2D eigenvalue weighted by Crippen LogP contribution is 2.32. The normalized spacial score (nSPS) is 10.9. The van der Waals surface area contributed by atoms with E-state index in [-0.39, 0.29) is 11.3 Å². The SMILES string of the molecule is Fc1cc(Br)cc2c(Cl)c(Br)cnc12. The first kappa shape index (κ1) is 10.3. The van der Waals surface area contributed by atoms with Gasteiger partial charge in [-0.15, -0.1) is 0 Å². The quantitative estimate of drug-likeness (QED) is 0.686. The zero-order valence-electron chi connectivity index (χ0n) is 6.69. The van der Waals surface area contributed by atoms with E-state index in [2.05, 4.69) is 36.8 Å². The lowest BCUT2D eigenvalue weighted by Crippen LogP contribution is -1.86. The Morgan fingerprint density at radius 3 is 2.71 bits per heavy atom. The van der Waals surface area contributed by atoms with Gasteiger partial charge < -0.3 is 0 Å². The lowest BCUT2D eigenvalue weighted by atomic mass is 10.2. The maximum absolute atomic E-state index is 13.4. The van der Waals surface area contributed by atoms with Gasteiger partial charge in [0.05, 0.1) is 9.50 Å². The fraction of sp³-hybridized carbons (Fsp3) is 0. The molecular weight excluding hydrogens is 336 g/mol. The Bertz CT molecular complexity index is 516. The van der Waals surface area contributed by atoms with E-state index in [1.54, 1.807) is 6.07 Å². The minimum absolute atomic E-state index is 0.279. The van der Waals surface area contributed by atoms with Crippen molar-refractivity contribution in [1.82, 2.24) is 4.98 Å². The molecule has 0 atom stereocenters. The summed E-state index contributed by atoms with van der Waals surface area (Å²) < 4.78 is 14.7. The van der Waals surface area contributed by atoms with Crippen LogP contribution in [0.5, 0.6) is 0 Å². The molecule has 1 aromatic carbocycles. The third-order valence-corrected chi connectivity index (χ3v) is 3.48. The summed E-state index contributed by atoms with van der Waals surface area (Å²) in [7, 11) is 0. The molecular formula is C9H3Br2ClFN. The molecule has 0 aliphatic rings. The lowest BCUT2D eigenvalue weighted by Gasteiger charge is -2.03. The van der Waals surface area contributed by atoms with E-state index in [1.807, 2.05) is 0 Å². The third-order valence-electron chi connectivity index (χ3n) is 1.78. The zero-order valence-corrected chi connectivity index (χ0v) is 10.6. The van der Waals surface area contributed by atoms with Crippen LogP contribution in [-0.4, -0.2) is 4.98 Å². The number of hydrogen-bond acceptors (Lipinski definition) is 1. The standard InChI is InChI=1S/C9H3Br2ClFN/c10-4-1-5-8(12)6(11)3-14-9(5)7(13)2-4/h1-3H. The van der Waals surface area contributed by atoms with E-state index >= 15 is 0 Å². The largest absolute Gasteiger partial charge is 0.252 e. The van der Waals surface area contributed by atoms with E-state index in [9.17, 15) is 4.39 Å². The molecule has 2 rings (SSSR count). The second-order valence-electron chi connectivity index (χ2n) is 2.70.